The van der Waals surface area contributed by atoms with Gasteiger partial charge >= 0.3 is 5.97 Å². The standard InChI is InChI=1S/C33H27ClN2O6S/c1-2-15-41-32(39)26-18-25(13-14-27(26)34)35-30(37)19-36-31(38)29(43-33(36)40)17-24-9-5-6-10-28(24)42-20-21-11-12-22-7-3-4-8-23(22)16-21/h3-14,16-18H,2,15,19-20H2,1H3,(H,35,37)/b29-17-. The minimum atomic E-state index is -0.613. The summed E-state index contributed by atoms with van der Waals surface area (Å²) in [5.41, 5.74) is 1.99. The number of nitrogens with zero attached hydrogens (tertiary/aromatic N) is 1. The molecule has 1 aliphatic rings. The number of thioether (sulfide) groups is 1. The Hall–Kier alpha value is -4.60. The summed E-state index contributed by atoms with van der Waals surface area (Å²) in [6.45, 7) is 1.92. The van der Waals surface area contributed by atoms with Crippen molar-refractivity contribution in [3.63, 3.8) is 0 Å². The van der Waals surface area contributed by atoms with Crippen molar-refractivity contribution in [2.45, 2.75) is 20.0 Å². The number of para-hydroxylation sites is 1. The topological polar surface area (TPSA) is 102 Å². The molecule has 0 aliphatic carbocycles. The van der Waals surface area contributed by atoms with Crippen LogP contribution in [0.25, 0.3) is 16.8 Å². The highest BCUT2D eigenvalue weighted by molar-refractivity contribution is 8.18. The summed E-state index contributed by atoms with van der Waals surface area (Å²) in [6, 6.07) is 25.8. The van der Waals surface area contributed by atoms with Gasteiger partial charge in [0, 0.05) is 11.3 Å². The molecule has 1 fully saturated rings. The fraction of sp³-hybridized carbons (Fsp3) is 0.152. The minimum absolute atomic E-state index is 0.100. The normalized spacial score (nSPS) is 13.9. The Balaban J connectivity index is 1.24. The zero-order valence-corrected chi connectivity index (χ0v) is 24.7. The van der Waals surface area contributed by atoms with E-state index in [1.165, 1.54) is 18.2 Å². The van der Waals surface area contributed by atoms with E-state index < -0.39 is 29.6 Å². The van der Waals surface area contributed by atoms with Gasteiger partial charge in [0.2, 0.25) is 5.91 Å². The first-order valence-corrected chi connectivity index (χ1v) is 14.7. The van der Waals surface area contributed by atoms with Crippen LogP contribution in [0.15, 0.2) is 89.8 Å². The van der Waals surface area contributed by atoms with E-state index in [0.29, 0.717) is 24.3 Å². The molecule has 0 bridgehead atoms. The number of ether oxygens (including phenoxy) is 2. The molecular weight excluding hydrogens is 588 g/mol. The SMILES string of the molecule is CCCOC(=O)c1cc(NC(=O)CN2C(=O)S/C(=C\c3ccccc3OCc3ccc4ccccc4c3)C2=O)ccc1Cl. The van der Waals surface area contributed by atoms with Gasteiger partial charge in [-0.25, -0.2) is 4.79 Å². The van der Waals surface area contributed by atoms with Crippen LogP contribution in [0.4, 0.5) is 10.5 Å². The van der Waals surface area contributed by atoms with Gasteiger partial charge in [0.25, 0.3) is 11.1 Å². The summed E-state index contributed by atoms with van der Waals surface area (Å²) < 4.78 is 11.2. The number of esters is 1. The van der Waals surface area contributed by atoms with E-state index in [0.717, 1.165) is 33.0 Å². The number of hydrogen-bond donors (Lipinski definition) is 1. The van der Waals surface area contributed by atoms with Crippen LogP contribution in [-0.2, 0) is 20.9 Å². The zero-order valence-electron chi connectivity index (χ0n) is 23.2. The van der Waals surface area contributed by atoms with Crippen molar-refractivity contribution >= 4 is 68.9 Å². The first-order valence-electron chi connectivity index (χ1n) is 13.5. The molecule has 0 saturated carbocycles. The number of benzene rings is 4. The summed E-state index contributed by atoms with van der Waals surface area (Å²) in [4.78, 5) is 51.9. The largest absolute Gasteiger partial charge is 0.488 e. The third-order valence-electron chi connectivity index (χ3n) is 6.50. The molecule has 4 aromatic rings. The molecule has 1 heterocycles. The quantitative estimate of drug-likeness (QED) is 0.148. The second-order valence-electron chi connectivity index (χ2n) is 9.65. The van der Waals surface area contributed by atoms with Gasteiger partial charge in [-0.1, -0.05) is 73.1 Å². The fourth-order valence-corrected chi connectivity index (χ4v) is 5.40. The van der Waals surface area contributed by atoms with Crippen LogP contribution in [0, 0.1) is 0 Å². The third kappa shape index (κ3) is 7.25. The predicted molar refractivity (Wildman–Crippen MR) is 168 cm³/mol. The summed E-state index contributed by atoms with van der Waals surface area (Å²) in [5, 5.41) is 4.47. The van der Waals surface area contributed by atoms with Gasteiger partial charge in [-0.15, -0.1) is 0 Å². The molecule has 3 amide bonds. The van der Waals surface area contributed by atoms with Crippen molar-refractivity contribution < 1.29 is 28.7 Å². The van der Waals surface area contributed by atoms with Gasteiger partial charge in [0.1, 0.15) is 18.9 Å². The predicted octanol–water partition coefficient (Wildman–Crippen LogP) is 7.31. The number of imide groups is 1. The first-order chi connectivity index (χ1) is 20.8. The maximum atomic E-state index is 13.1. The van der Waals surface area contributed by atoms with E-state index >= 15 is 0 Å². The third-order valence-corrected chi connectivity index (χ3v) is 7.73. The Morgan fingerprint density at radius 1 is 0.953 bits per heavy atom. The molecule has 0 radical (unpaired) electrons. The molecule has 1 saturated heterocycles. The number of rotatable bonds is 10. The average molecular weight is 615 g/mol. The molecule has 1 N–H and O–H groups in total. The molecule has 43 heavy (non-hydrogen) atoms. The van der Waals surface area contributed by atoms with Gasteiger partial charge in [0.05, 0.1) is 22.1 Å². The Morgan fingerprint density at radius 2 is 1.72 bits per heavy atom. The van der Waals surface area contributed by atoms with Crippen molar-refractivity contribution in [1.29, 1.82) is 0 Å². The van der Waals surface area contributed by atoms with Crippen molar-refractivity contribution in [3.8, 4) is 5.75 Å². The highest BCUT2D eigenvalue weighted by Gasteiger charge is 2.36. The molecular formula is C33H27ClN2O6S. The summed E-state index contributed by atoms with van der Waals surface area (Å²) >= 11 is 6.87. The molecule has 5 rings (SSSR count). The van der Waals surface area contributed by atoms with E-state index in [1.807, 2.05) is 55.5 Å². The van der Waals surface area contributed by atoms with Gasteiger partial charge in [-0.05, 0) is 70.9 Å². The van der Waals surface area contributed by atoms with E-state index in [2.05, 4.69) is 11.4 Å². The number of nitrogens with one attached hydrogen (secondary N) is 1. The summed E-state index contributed by atoms with van der Waals surface area (Å²) in [7, 11) is 0. The molecule has 10 heteroatoms. The Bertz CT molecular complexity index is 1750. The van der Waals surface area contributed by atoms with E-state index in [1.54, 1.807) is 18.2 Å². The lowest BCUT2D eigenvalue weighted by Crippen LogP contribution is -2.36. The Kier molecular flexibility index (Phi) is 9.44. The Morgan fingerprint density at radius 3 is 2.53 bits per heavy atom. The van der Waals surface area contributed by atoms with Crippen LogP contribution in [0.2, 0.25) is 5.02 Å². The number of halogens is 1. The summed E-state index contributed by atoms with van der Waals surface area (Å²) in [6.07, 6.45) is 2.24. The number of anilines is 1. The van der Waals surface area contributed by atoms with Crippen molar-refractivity contribution in [2.75, 3.05) is 18.5 Å². The molecule has 4 aromatic carbocycles. The van der Waals surface area contributed by atoms with Crippen LogP contribution < -0.4 is 10.1 Å². The smallest absolute Gasteiger partial charge is 0.339 e. The number of hydrogen-bond acceptors (Lipinski definition) is 7. The second-order valence-corrected chi connectivity index (χ2v) is 11.1. The van der Waals surface area contributed by atoms with Gasteiger partial charge in [0.15, 0.2) is 0 Å². The van der Waals surface area contributed by atoms with Crippen LogP contribution in [0.3, 0.4) is 0 Å². The van der Waals surface area contributed by atoms with Crippen LogP contribution in [0.1, 0.15) is 34.8 Å². The zero-order chi connectivity index (χ0) is 30.3. The van der Waals surface area contributed by atoms with Crippen molar-refractivity contribution in [1.82, 2.24) is 4.90 Å². The molecule has 0 aromatic heterocycles. The van der Waals surface area contributed by atoms with Gasteiger partial charge in [-0.3, -0.25) is 19.3 Å². The number of fused-ring (bicyclic) bond motifs is 1. The number of carbonyl (C=O) groups is 4. The van der Waals surface area contributed by atoms with Gasteiger partial charge < -0.3 is 14.8 Å². The summed E-state index contributed by atoms with van der Waals surface area (Å²) in [5.74, 6) is -1.26. The van der Waals surface area contributed by atoms with Crippen LogP contribution in [-0.4, -0.2) is 41.1 Å². The number of carbonyl (C=O) groups excluding carboxylic acids is 4. The Labute approximate surface area is 257 Å². The molecule has 218 valence electrons. The minimum Gasteiger partial charge on any atom is -0.488 e. The second kappa shape index (κ2) is 13.6. The van der Waals surface area contributed by atoms with Crippen molar-refractivity contribution in [3.05, 3.63) is 112 Å². The lowest BCUT2D eigenvalue weighted by atomic mass is 10.1. The molecule has 0 spiro atoms. The van der Waals surface area contributed by atoms with E-state index in [9.17, 15) is 19.2 Å². The fourth-order valence-electron chi connectivity index (χ4n) is 4.37. The maximum Gasteiger partial charge on any atom is 0.339 e. The lowest BCUT2D eigenvalue weighted by Gasteiger charge is -2.13. The highest BCUT2D eigenvalue weighted by atomic mass is 35.5. The number of amides is 3. The molecule has 0 atom stereocenters. The highest BCUT2D eigenvalue weighted by Crippen LogP contribution is 2.34. The van der Waals surface area contributed by atoms with E-state index in [-0.39, 0.29) is 27.8 Å². The van der Waals surface area contributed by atoms with E-state index in [4.69, 9.17) is 21.1 Å². The average Bonchev–Trinajstić information content (AvgIpc) is 3.27. The lowest BCUT2D eigenvalue weighted by molar-refractivity contribution is -0.127. The first kappa shape index (κ1) is 29.9. The molecule has 8 nitrogen and oxygen atoms in total. The van der Waals surface area contributed by atoms with Crippen molar-refractivity contribution in [2.24, 2.45) is 0 Å². The molecule has 1 aliphatic heterocycles. The van der Waals surface area contributed by atoms with Gasteiger partial charge in [-0.2, -0.15) is 0 Å². The molecule has 0 unspecified atom stereocenters. The maximum absolute atomic E-state index is 13.1. The van der Waals surface area contributed by atoms with Crippen LogP contribution >= 0.6 is 23.4 Å². The monoisotopic (exact) mass is 614 g/mol. The van der Waals surface area contributed by atoms with Crippen LogP contribution in [0.5, 0.6) is 5.75 Å².